The van der Waals surface area contributed by atoms with Crippen molar-refractivity contribution in [2.24, 2.45) is 4.99 Å². The van der Waals surface area contributed by atoms with Crippen LogP contribution in [-0.4, -0.2) is 29.1 Å². The summed E-state index contributed by atoms with van der Waals surface area (Å²) >= 11 is 1.29. The molecule has 180 valence electrons. The summed E-state index contributed by atoms with van der Waals surface area (Å²) in [6.45, 7) is 8.38. The third-order valence-electron chi connectivity index (χ3n) is 4.92. The van der Waals surface area contributed by atoms with Gasteiger partial charge in [0.2, 0.25) is 5.91 Å². The lowest BCUT2D eigenvalue weighted by Crippen LogP contribution is -2.26. The molecule has 1 aromatic carbocycles. The number of hydrogen-bond donors (Lipinski definition) is 1. The molecule has 33 heavy (non-hydrogen) atoms. The topological polar surface area (TPSA) is 81.9 Å². The minimum Gasteiger partial charge on any atom is -0.379 e. The van der Waals surface area contributed by atoms with Crippen molar-refractivity contribution in [3.63, 3.8) is 0 Å². The molecule has 1 aromatic heterocycles. The van der Waals surface area contributed by atoms with Crippen molar-refractivity contribution >= 4 is 23.2 Å². The molecule has 2 heterocycles. The normalized spacial score (nSPS) is 17.3. The van der Waals surface area contributed by atoms with Gasteiger partial charge >= 0.3 is 6.18 Å². The molecule has 7 nitrogen and oxygen atoms in total. The Bertz CT molecular complexity index is 1090. The summed E-state index contributed by atoms with van der Waals surface area (Å²) in [5.74, 6) is -1.72. The van der Waals surface area contributed by atoms with E-state index in [1.54, 1.807) is 4.57 Å². The number of alkyl halides is 3. The number of hydroxylamine groups is 1. The van der Waals surface area contributed by atoms with Crippen molar-refractivity contribution < 1.29 is 32.3 Å². The maximum atomic E-state index is 13.3. The highest BCUT2D eigenvalue weighted by molar-refractivity contribution is 7.09. The molecule has 1 fully saturated rings. The standard InChI is InChI=1S/C22H26F3N3O4S/c1-13(29)27-32-17-8-7-14(22(23,24)25)10-16(17)19(30)26-20-28(11-15-6-5-9-31-15)12-18(33-20)21(2,3)4/h7-8,10,12,15H,5-6,9,11H2,1-4H3,(H,27,29)/t15-/m1/s1. The third-order valence-corrected chi connectivity index (χ3v) is 6.37. The zero-order chi connectivity index (χ0) is 24.4. The van der Waals surface area contributed by atoms with Crippen molar-refractivity contribution in [2.75, 3.05) is 6.61 Å². The van der Waals surface area contributed by atoms with E-state index in [1.165, 1.54) is 18.3 Å². The molecule has 1 atom stereocenters. The van der Waals surface area contributed by atoms with Gasteiger partial charge < -0.3 is 14.1 Å². The molecule has 0 saturated carbocycles. The Kier molecular flexibility index (Phi) is 7.32. The largest absolute Gasteiger partial charge is 0.416 e. The molecule has 2 amide bonds. The van der Waals surface area contributed by atoms with Crippen molar-refractivity contribution in [1.29, 1.82) is 0 Å². The lowest BCUT2D eigenvalue weighted by atomic mass is 9.95. The number of rotatable bonds is 5. The lowest BCUT2D eigenvalue weighted by molar-refractivity contribution is -0.137. The number of benzene rings is 1. The van der Waals surface area contributed by atoms with Gasteiger partial charge in [-0.25, -0.2) is 0 Å². The molecule has 0 aliphatic carbocycles. The van der Waals surface area contributed by atoms with Crippen LogP contribution in [0.2, 0.25) is 0 Å². The molecule has 1 aliphatic rings. The highest BCUT2D eigenvalue weighted by Gasteiger charge is 2.32. The first-order valence-corrected chi connectivity index (χ1v) is 11.2. The molecule has 2 aromatic rings. The Morgan fingerprint density at radius 2 is 2.03 bits per heavy atom. The predicted molar refractivity (Wildman–Crippen MR) is 116 cm³/mol. The summed E-state index contributed by atoms with van der Waals surface area (Å²) in [6.07, 6.45) is -0.957. The maximum Gasteiger partial charge on any atom is 0.416 e. The minimum atomic E-state index is -4.66. The molecule has 0 radical (unpaired) electrons. The van der Waals surface area contributed by atoms with Gasteiger partial charge in [-0.3, -0.25) is 9.59 Å². The summed E-state index contributed by atoms with van der Waals surface area (Å²) in [6, 6.07) is 2.43. The van der Waals surface area contributed by atoms with Crippen LogP contribution < -0.4 is 15.1 Å². The summed E-state index contributed by atoms with van der Waals surface area (Å²) in [7, 11) is 0. The van der Waals surface area contributed by atoms with Gasteiger partial charge in [0.25, 0.3) is 5.91 Å². The molecule has 1 saturated heterocycles. The van der Waals surface area contributed by atoms with Crippen molar-refractivity contribution in [1.82, 2.24) is 10.0 Å². The van der Waals surface area contributed by atoms with Gasteiger partial charge in [-0.05, 0) is 36.5 Å². The van der Waals surface area contributed by atoms with Gasteiger partial charge in [0.05, 0.1) is 23.8 Å². The van der Waals surface area contributed by atoms with Crippen LogP contribution in [0.1, 0.15) is 61.3 Å². The van der Waals surface area contributed by atoms with E-state index in [9.17, 15) is 22.8 Å². The van der Waals surface area contributed by atoms with Gasteiger partial charge in [0, 0.05) is 24.6 Å². The Morgan fingerprint density at radius 1 is 1.30 bits per heavy atom. The number of carbonyl (C=O) groups excluding carboxylic acids is 2. The fourth-order valence-corrected chi connectivity index (χ4v) is 4.24. The molecule has 11 heteroatoms. The summed E-state index contributed by atoms with van der Waals surface area (Å²) in [5, 5.41) is 0. The molecular formula is C22H26F3N3O4S. The zero-order valence-electron chi connectivity index (χ0n) is 18.8. The molecule has 0 bridgehead atoms. The number of amides is 2. The number of nitrogens with one attached hydrogen (secondary N) is 1. The highest BCUT2D eigenvalue weighted by Crippen LogP contribution is 2.33. The first-order chi connectivity index (χ1) is 15.3. The molecule has 0 spiro atoms. The average molecular weight is 486 g/mol. The molecule has 0 unspecified atom stereocenters. The van der Waals surface area contributed by atoms with E-state index in [2.05, 4.69) is 4.99 Å². The van der Waals surface area contributed by atoms with E-state index in [0.29, 0.717) is 24.0 Å². The fourth-order valence-electron chi connectivity index (χ4n) is 3.19. The van der Waals surface area contributed by atoms with Crippen LogP contribution in [0.15, 0.2) is 29.4 Å². The highest BCUT2D eigenvalue weighted by atomic mass is 32.1. The summed E-state index contributed by atoms with van der Waals surface area (Å²) < 4.78 is 47.3. The summed E-state index contributed by atoms with van der Waals surface area (Å²) in [5.41, 5.74) is 0.385. The molecule has 1 aliphatic heterocycles. The van der Waals surface area contributed by atoms with Gasteiger partial charge in [0.1, 0.15) is 0 Å². The van der Waals surface area contributed by atoms with E-state index in [-0.39, 0.29) is 17.3 Å². The number of hydrogen-bond acceptors (Lipinski definition) is 5. The van der Waals surface area contributed by atoms with Crippen LogP contribution in [0.3, 0.4) is 0 Å². The Morgan fingerprint density at radius 3 is 2.61 bits per heavy atom. The first kappa shape index (κ1) is 25.0. The van der Waals surface area contributed by atoms with Crippen LogP contribution in [-0.2, 0) is 27.7 Å². The maximum absolute atomic E-state index is 13.3. The third kappa shape index (κ3) is 6.44. The second kappa shape index (κ2) is 9.68. The van der Waals surface area contributed by atoms with Crippen LogP contribution in [0.25, 0.3) is 0 Å². The van der Waals surface area contributed by atoms with Gasteiger partial charge in [-0.15, -0.1) is 11.3 Å². The second-order valence-electron chi connectivity index (χ2n) is 8.80. The molecule has 3 rings (SSSR count). The second-order valence-corrected chi connectivity index (χ2v) is 9.81. The lowest BCUT2D eigenvalue weighted by Gasteiger charge is -2.15. The average Bonchev–Trinajstić information content (AvgIpc) is 3.36. The number of aromatic nitrogens is 1. The van der Waals surface area contributed by atoms with E-state index in [4.69, 9.17) is 9.57 Å². The van der Waals surface area contributed by atoms with Crippen molar-refractivity contribution in [3.8, 4) is 5.75 Å². The minimum absolute atomic E-state index is 0.0197. The predicted octanol–water partition coefficient (Wildman–Crippen LogP) is 4.22. The van der Waals surface area contributed by atoms with E-state index in [0.717, 1.165) is 29.9 Å². The molecular weight excluding hydrogens is 459 g/mol. The quantitative estimate of drug-likeness (QED) is 0.643. The molecule has 1 N–H and O–H groups in total. The van der Waals surface area contributed by atoms with Crippen molar-refractivity contribution in [3.05, 3.63) is 45.2 Å². The first-order valence-electron chi connectivity index (χ1n) is 10.4. The number of thiazole rings is 1. The van der Waals surface area contributed by atoms with Gasteiger partial charge in [-0.1, -0.05) is 20.8 Å². The Balaban J connectivity index is 2.05. The van der Waals surface area contributed by atoms with E-state index in [1.807, 2.05) is 32.4 Å². The van der Waals surface area contributed by atoms with Gasteiger partial charge in [-0.2, -0.15) is 23.6 Å². The number of ether oxygens (including phenoxy) is 1. The summed E-state index contributed by atoms with van der Waals surface area (Å²) in [4.78, 5) is 34.7. The number of carbonyl (C=O) groups is 2. The fraction of sp³-hybridized carbons (Fsp3) is 0.500. The van der Waals surface area contributed by atoms with Crippen molar-refractivity contribution in [2.45, 2.75) is 64.8 Å². The van der Waals surface area contributed by atoms with Crippen LogP contribution in [0, 0.1) is 0 Å². The van der Waals surface area contributed by atoms with E-state index < -0.39 is 29.1 Å². The van der Waals surface area contributed by atoms with Gasteiger partial charge in [0.15, 0.2) is 10.6 Å². The Labute approximate surface area is 193 Å². The monoisotopic (exact) mass is 485 g/mol. The van der Waals surface area contributed by atoms with Crippen LogP contribution >= 0.6 is 11.3 Å². The number of halogens is 3. The van der Waals surface area contributed by atoms with Crippen LogP contribution in [0.5, 0.6) is 5.75 Å². The smallest absolute Gasteiger partial charge is 0.379 e. The van der Waals surface area contributed by atoms with E-state index >= 15 is 0 Å². The Hall–Kier alpha value is -2.66. The zero-order valence-corrected chi connectivity index (χ0v) is 19.6. The number of nitrogens with zero attached hydrogens (tertiary/aromatic N) is 2. The SMILES string of the molecule is CC(=O)NOc1ccc(C(F)(F)F)cc1C(=O)N=c1sc(C(C)(C)C)cn1C[C@H]1CCCO1. The van der Waals surface area contributed by atoms with Crippen LogP contribution in [0.4, 0.5) is 13.2 Å².